The topological polar surface area (TPSA) is 48.1 Å². The minimum atomic E-state index is -0.290. The Hall–Kier alpha value is -1.46. The van der Waals surface area contributed by atoms with Crippen LogP contribution in [0.2, 0.25) is 0 Å². The molecular weight excluding hydrogens is 239 g/mol. The van der Waals surface area contributed by atoms with E-state index < -0.39 is 0 Å². The van der Waals surface area contributed by atoms with E-state index in [9.17, 15) is 4.39 Å². The van der Waals surface area contributed by atoms with E-state index in [-0.39, 0.29) is 5.82 Å². The van der Waals surface area contributed by atoms with Crippen molar-refractivity contribution in [2.75, 3.05) is 6.61 Å². The molecule has 2 rings (SSSR count). The maximum absolute atomic E-state index is 12.9. The summed E-state index contributed by atoms with van der Waals surface area (Å²) in [5.74, 6) is 0.251. The van der Waals surface area contributed by atoms with Crippen molar-refractivity contribution in [2.45, 2.75) is 13.0 Å². The molecule has 0 aliphatic heterocycles. The predicted octanol–water partition coefficient (Wildman–Crippen LogP) is 2.36. The van der Waals surface area contributed by atoms with Gasteiger partial charge in [-0.15, -0.1) is 11.3 Å². The van der Waals surface area contributed by atoms with Crippen molar-refractivity contribution in [1.82, 2.24) is 4.98 Å². The monoisotopic (exact) mass is 252 g/mol. The number of rotatable bonds is 5. The molecule has 0 aliphatic rings. The van der Waals surface area contributed by atoms with E-state index in [4.69, 9.17) is 10.5 Å². The Labute approximate surface area is 103 Å². The highest BCUT2D eigenvalue weighted by Gasteiger charge is 2.01. The number of hydrogen-bond acceptors (Lipinski definition) is 4. The van der Waals surface area contributed by atoms with Gasteiger partial charge in [-0.05, 0) is 12.1 Å². The van der Waals surface area contributed by atoms with Crippen molar-refractivity contribution in [1.29, 1.82) is 0 Å². The van der Waals surface area contributed by atoms with Gasteiger partial charge in [0.05, 0.1) is 12.3 Å². The summed E-state index contributed by atoms with van der Waals surface area (Å²) in [5.41, 5.74) is 6.44. The van der Waals surface area contributed by atoms with Crippen LogP contribution in [0.25, 0.3) is 0 Å². The van der Waals surface area contributed by atoms with Gasteiger partial charge in [-0.3, -0.25) is 0 Å². The fourth-order valence-electron chi connectivity index (χ4n) is 1.39. The summed E-state index contributed by atoms with van der Waals surface area (Å²) in [6, 6.07) is 6.11. The highest BCUT2D eigenvalue weighted by atomic mass is 32.1. The largest absolute Gasteiger partial charge is 0.493 e. The second-order valence-corrected chi connectivity index (χ2v) is 4.44. The van der Waals surface area contributed by atoms with Gasteiger partial charge in [0.15, 0.2) is 0 Å². The molecule has 2 N–H and O–H groups in total. The third-order valence-corrected chi connectivity index (χ3v) is 3.12. The maximum Gasteiger partial charge on any atom is 0.126 e. The fraction of sp³-hybridized carbons (Fsp3) is 0.250. The van der Waals surface area contributed by atoms with E-state index in [1.807, 2.05) is 5.38 Å². The molecule has 1 aromatic heterocycles. The molecule has 0 unspecified atom stereocenters. The molecule has 0 bridgehead atoms. The first kappa shape index (κ1) is 12.0. The molecule has 17 heavy (non-hydrogen) atoms. The Bertz CT molecular complexity index is 487. The number of benzene rings is 1. The van der Waals surface area contributed by atoms with Crippen LogP contribution in [0.15, 0.2) is 29.6 Å². The minimum absolute atomic E-state index is 0.290. The molecule has 90 valence electrons. The molecule has 0 fully saturated rings. The molecule has 1 heterocycles. The lowest BCUT2D eigenvalue weighted by molar-refractivity contribution is 0.319. The van der Waals surface area contributed by atoms with Gasteiger partial charge in [-0.25, -0.2) is 9.37 Å². The number of thiazole rings is 1. The number of ether oxygens (including phenoxy) is 1. The number of nitrogens with two attached hydrogens (primary N) is 1. The van der Waals surface area contributed by atoms with Crippen LogP contribution in [-0.4, -0.2) is 11.6 Å². The molecular formula is C12H13FN2OS. The predicted molar refractivity (Wildman–Crippen MR) is 65.6 cm³/mol. The van der Waals surface area contributed by atoms with Crippen LogP contribution in [0.1, 0.15) is 10.7 Å². The first-order valence-electron chi connectivity index (χ1n) is 5.29. The number of nitrogens with zero attached hydrogens (tertiary/aromatic N) is 1. The van der Waals surface area contributed by atoms with Gasteiger partial charge in [-0.2, -0.15) is 0 Å². The summed E-state index contributed by atoms with van der Waals surface area (Å²) in [6.45, 7) is 0.951. The van der Waals surface area contributed by atoms with E-state index in [0.29, 0.717) is 25.3 Å². The molecule has 1 aromatic carbocycles. The minimum Gasteiger partial charge on any atom is -0.493 e. The van der Waals surface area contributed by atoms with Crippen LogP contribution < -0.4 is 10.5 Å². The van der Waals surface area contributed by atoms with Crippen molar-refractivity contribution in [2.24, 2.45) is 5.73 Å². The quantitative estimate of drug-likeness (QED) is 0.888. The highest BCUT2D eigenvalue weighted by molar-refractivity contribution is 7.09. The van der Waals surface area contributed by atoms with Crippen LogP contribution in [0.3, 0.4) is 0 Å². The van der Waals surface area contributed by atoms with Gasteiger partial charge >= 0.3 is 0 Å². The molecule has 0 aliphatic carbocycles. The van der Waals surface area contributed by atoms with Gasteiger partial charge in [0.1, 0.15) is 16.6 Å². The molecule has 0 saturated heterocycles. The van der Waals surface area contributed by atoms with Gasteiger partial charge in [0.2, 0.25) is 0 Å². The average molecular weight is 252 g/mol. The van der Waals surface area contributed by atoms with Crippen molar-refractivity contribution in [3.63, 3.8) is 0 Å². The summed E-state index contributed by atoms with van der Waals surface area (Å²) in [4.78, 5) is 4.32. The molecule has 5 heteroatoms. The summed E-state index contributed by atoms with van der Waals surface area (Å²) in [7, 11) is 0. The van der Waals surface area contributed by atoms with Crippen LogP contribution in [-0.2, 0) is 13.0 Å². The zero-order chi connectivity index (χ0) is 12.1. The molecule has 0 spiro atoms. The van der Waals surface area contributed by atoms with E-state index in [2.05, 4.69) is 4.98 Å². The van der Waals surface area contributed by atoms with E-state index >= 15 is 0 Å². The third kappa shape index (κ3) is 3.51. The van der Waals surface area contributed by atoms with Crippen LogP contribution >= 0.6 is 11.3 Å². The Morgan fingerprint density at radius 3 is 3.00 bits per heavy atom. The SMILES string of the molecule is NCc1nc(CCOc2cccc(F)c2)cs1. The van der Waals surface area contributed by atoms with Crippen LogP contribution in [0.4, 0.5) is 4.39 Å². The normalized spacial score (nSPS) is 10.5. The number of hydrogen-bond donors (Lipinski definition) is 1. The van der Waals surface area contributed by atoms with Gasteiger partial charge < -0.3 is 10.5 Å². The lowest BCUT2D eigenvalue weighted by Gasteiger charge is -2.04. The summed E-state index contributed by atoms with van der Waals surface area (Å²) in [6.07, 6.45) is 0.701. The van der Waals surface area contributed by atoms with Crippen molar-refractivity contribution >= 4 is 11.3 Å². The standard InChI is InChI=1S/C12H13FN2OS/c13-9-2-1-3-11(6-9)16-5-4-10-8-17-12(7-14)15-10/h1-3,6,8H,4-5,7,14H2. The lowest BCUT2D eigenvalue weighted by atomic mass is 10.3. The van der Waals surface area contributed by atoms with Gasteiger partial charge in [0, 0.05) is 24.4 Å². The zero-order valence-corrected chi connectivity index (χ0v) is 10.0. The van der Waals surface area contributed by atoms with E-state index in [1.165, 1.54) is 12.1 Å². The molecule has 0 saturated carbocycles. The zero-order valence-electron chi connectivity index (χ0n) is 9.23. The first-order chi connectivity index (χ1) is 8.28. The molecule has 3 nitrogen and oxygen atoms in total. The van der Waals surface area contributed by atoms with Gasteiger partial charge in [0.25, 0.3) is 0 Å². The Kier molecular flexibility index (Phi) is 4.06. The fourth-order valence-corrected chi connectivity index (χ4v) is 2.10. The summed E-state index contributed by atoms with van der Waals surface area (Å²) < 4.78 is 18.3. The van der Waals surface area contributed by atoms with Crippen LogP contribution in [0.5, 0.6) is 5.75 Å². The Balaban J connectivity index is 1.83. The number of halogens is 1. The lowest BCUT2D eigenvalue weighted by Crippen LogP contribution is -2.02. The second-order valence-electron chi connectivity index (χ2n) is 3.49. The first-order valence-corrected chi connectivity index (χ1v) is 6.17. The van der Waals surface area contributed by atoms with Crippen molar-refractivity contribution in [3.05, 3.63) is 46.2 Å². The maximum atomic E-state index is 12.9. The second kappa shape index (κ2) is 5.75. The number of aromatic nitrogens is 1. The molecule has 2 aromatic rings. The van der Waals surface area contributed by atoms with Crippen molar-refractivity contribution < 1.29 is 9.13 Å². The summed E-state index contributed by atoms with van der Waals surface area (Å²) >= 11 is 1.55. The van der Waals surface area contributed by atoms with Crippen LogP contribution in [0, 0.1) is 5.82 Å². The molecule has 0 atom stereocenters. The van der Waals surface area contributed by atoms with Gasteiger partial charge in [-0.1, -0.05) is 6.07 Å². The summed E-state index contributed by atoms with van der Waals surface area (Å²) in [5, 5.41) is 2.89. The molecule has 0 radical (unpaired) electrons. The highest BCUT2D eigenvalue weighted by Crippen LogP contribution is 2.13. The van der Waals surface area contributed by atoms with Crippen molar-refractivity contribution in [3.8, 4) is 5.75 Å². The Morgan fingerprint density at radius 2 is 2.29 bits per heavy atom. The average Bonchev–Trinajstić information content (AvgIpc) is 2.77. The smallest absolute Gasteiger partial charge is 0.126 e. The van der Waals surface area contributed by atoms with E-state index in [0.717, 1.165) is 10.7 Å². The third-order valence-electron chi connectivity index (χ3n) is 2.20. The van der Waals surface area contributed by atoms with E-state index in [1.54, 1.807) is 23.5 Å². The Morgan fingerprint density at radius 1 is 1.41 bits per heavy atom. The molecule has 0 amide bonds.